The van der Waals surface area contributed by atoms with Crippen molar-refractivity contribution >= 4 is 5.91 Å². The van der Waals surface area contributed by atoms with Crippen LogP contribution in [0.1, 0.15) is 22.0 Å². The Labute approximate surface area is 109 Å². The zero-order valence-corrected chi connectivity index (χ0v) is 10.1. The Morgan fingerprint density at radius 1 is 1.32 bits per heavy atom. The summed E-state index contributed by atoms with van der Waals surface area (Å²) in [5.41, 5.74) is 0.900. The summed E-state index contributed by atoms with van der Waals surface area (Å²) in [5.74, 6) is -1.05. The molecular weight excluding hydrogens is 247 g/mol. The smallest absolute Gasteiger partial charge is 0.253 e. The minimum atomic E-state index is -0.576. The van der Waals surface area contributed by atoms with Gasteiger partial charge >= 0.3 is 0 Å². The van der Waals surface area contributed by atoms with Crippen molar-refractivity contribution in [2.45, 2.75) is 6.04 Å². The molecule has 0 radical (unpaired) electrons. The summed E-state index contributed by atoms with van der Waals surface area (Å²) in [6, 6.07) is 9.63. The SMILES string of the molecule is O=C(N[C@@H](CO)c1ccccc1)c1cncc(F)c1. The molecule has 1 heterocycles. The van der Waals surface area contributed by atoms with Gasteiger partial charge in [-0.2, -0.15) is 0 Å². The number of pyridine rings is 1. The van der Waals surface area contributed by atoms with Crippen molar-refractivity contribution in [3.8, 4) is 0 Å². The first kappa shape index (κ1) is 13.2. The largest absolute Gasteiger partial charge is 0.394 e. The van der Waals surface area contributed by atoms with E-state index in [1.165, 1.54) is 6.20 Å². The second-order valence-electron chi connectivity index (χ2n) is 4.01. The standard InChI is InChI=1S/C14H13FN2O2/c15-12-6-11(7-16-8-12)14(19)17-13(9-18)10-4-2-1-3-5-10/h1-8,13,18H,9H2,(H,17,19)/t13-/m0/s1. The van der Waals surface area contributed by atoms with Crippen LogP contribution in [0.5, 0.6) is 0 Å². The number of carbonyl (C=O) groups is 1. The second kappa shape index (κ2) is 6.06. The molecule has 1 aromatic heterocycles. The molecular formula is C14H13FN2O2. The van der Waals surface area contributed by atoms with Gasteiger partial charge in [0.05, 0.1) is 24.4 Å². The Morgan fingerprint density at radius 3 is 2.68 bits per heavy atom. The van der Waals surface area contributed by atoms with Crippen molar-refractivity contribution < 1.29 is 14.3 Å². The van der Waals surface area contributed by atoms with Crippen LogP contribution in [0.4, 0.5) is 4.39 Å². The number of halogens is 1. The highest BCUT2D eigenvalue weighted by Gasteiger charge is 2.15. The number of nitrogens with one attached hydrogen (secondary N) is 1. The Balaban J connectivity index is 2.13. The van der Waals surface area contributed by atoms with Crippen molar-refractivity contribution in [1.29, 1.82) is 0 Å². The summed E-state index contributed by atoms with van der Waals surface area (Å²) in [5, 5.41) is 12.0. The molecule has 1 amide bonds. The van der Waals surface area contributed by atoms with Gasteiger partial charge in [-0.15, -0.1) is 0 Å². The number of aliphatic hydroxyl groups excluding tert-OH is 1. The van der Waals surface area contributed by atoms with Crippen LogP contribution < -0.4 is 5.32 Å². The third-order valence-corrected chi connectivity index (χ3v) is 2.66. The van der Waals surface area contributed by atoms with Crippen molar-refractivity contribution in [2.24, 2.45) is 0 Å². The van der Waals surface area contributed by atoms with E-state index in [1.807, 2.05) is 18.2 Å². The van der Waals surface area contributed by atoms with Crippen LogP contribution in [0, 0.1) is 5.82 Å². The third kappa shape index (κ3) is 3.35. The van der Waals surface area contributed by atoms with Gasteiger partial charge < -0.3 is 10.4 Å². The highest BCUT2D eigenvalue weighted by Crippen LogP contribution is 2.12. The second-order valence-corrected chi connectivity index (χ2v) is 4.01. The summed E-state index contributed by atoms with van der Waals surface area (Å²) in [6.45, 7) is -0.238. The van der Waals surface area contributed by atoms with Crippen molar-refractivity contribution in [2.75, 3.05) is 6.61 Å². The van der Waals surface area contributed by atoms with E-state index in [2.05, 4.69) is 10.3 Å². The van der Waals surface area contributed by atoms with Gasteiger partial charge in [-0.1, -0.05) is 30.3 Å². The Hall–Kier alpha value is -2.27. The first-order valence-corrected chi connectivity index (χ1v) is 5.78. The van der Waals surface area contributed by atoms with Crippen LogP contribution in [0.3, 0.4) is 0 Å². The maximum absolute atomic E-state index is 13.0. The summed E-state index contributed by atoms with van der Waals surface area (Å²) >= 11 is 0. The summed E-state index contributed by atoms with van der Waals surface area (Å²) in [6.07, 6.45) is 2.30. The highest BCUT2D eigenvalue weighted by atomic mass is 19.1. The molecule has 1 atom stereocenters. The normalized spacial score (nSPS) is 11.9. The quantitative estimate of drug-likeness (QED) is 0.879. The molecule has 4 nitrogen and oxygen atoms in total. The van der Waals surface area contributed by atoms with Gasteiger partial charge in [-0.05, 0) is 11.6 Å². The molecule has 0 aliphatic rings. The number of nitrogens with zero attached hydrogens (tertiary/aromatic N) is 1. The molecule has 0 unspecified atom stereocenters. The minimum Gasteiger partial charge on any atom is -0.394 e. The van der Waals surface area contributed by atoms with Crippen LogP contribution in [-0.2, 0) is 0 Å². The lowest BCUT2D eigenvalue weighted by Crippen LogP contribution is -2.30. The van der Waals surface area contributed by atoms with E-state index in [1.54, 1.807) is 12.1 Å². The van der Waals surface area contributed by atoms with Gasteiger partial charge in [-0.3, -0.25) is 9.78 Å². The number of rotatable bonds is 4. The minimum absolute atomic E-state index is 0.120. The molecule has 0 saturated heterocycles. The van der Waals surface area contributed by atoms with Gasteiger partial charge in [0.25, 0.3) is 5.91 Å². The monoisotopic (exact) mass is 260 g/mol. The summed E-state index contributed by atoms with van der Waals surface area (Å²) in [4.78, 5) is 15.5. The van der Waals surface area contributed by atoms with Gasteiger partial charge in [-0.25, -0.2) is 4.39 Å². The van der Waals surface area contributed by atoms with Gasteiger partial charge in [0.2, 0.25) is 0 Å². The zero-order chi connectivity index (χ0) is 13.7. The molecule has 2 rings (SSSR count). The molecule has 0 fully saturated rings. The predicted molar refractivity (Wildman–Crippen MR) is 67.9 cm³/mol. The van der Waals surface area contributed by atoms with Crippen LogP contribution in [0.25, 0.3) is 0 Å². The highest BCUT2D eigenvalue weighted by molar-refractivity contribution is 5.94. The van der Waals surface area contributed by atoms with Crippen LogP contribution >= 0.6 is 0 Å². The number of aliphatic hydroxyl groups is 1. The van der Waals surface area contributed by atoms with Gasteiger partial charge in [0, 0.05) is 6.20 Å². The fourth-order valence-corrected chi connectivity index (χ4v) is 1.70. The lowest BCUT2D eigenvalue weighted by Gasteiger charge is -2.16. The molecule has 0 aliphatic heterocycles. The topological polar surface area (TPSA) is 62.2 Å². The van der Waals surface area contributed by atoms with Crippen molar-refractivity contribution in [1.82, 2.24) is 10.3 Å². The molecule has 1 aromatic carbocycles. The summed E-state index contributed by atoms with van der Waals surface area (Å²) < 4.78 is 13.0. The number of aromatic nitrogens is 1. The first-order chi connectivity index (χ1) is 9.20. The Kier molecular flexibility index (Phi) is 4.20. The average Bonchev–Trinajstić information content (AvgIpc) is 2.45. The van der Waals surface area contributed by atoms with E-state index in [4.69, 9.17) is 0 Å². The van der Waals surface area contributed by atoms with E-state index < -0.39 is 17.8 Å². The lowest BCUT2D eigenvalue weighted by atomic mass is 10.1. The van der Waals surface area contributed by atoms with Crippen LogP contribution in [0.15, 0.2) is 48.8 Å². The Bertz CT molecular complexity index is 560. The predicted octanol–water partition coefficient (Wildman–Crippen LogP) is 1.68. The number of hydrogen-bond acceptors (Lipinski definition) is 3. The van der Waals surface area contributed by atoms with E-state index in [9.17, 15) is 14.3 Å². The van der Waals surface area contributed by atoms with Gasteiger partial charge in [0.1, 0.15) is 5.82 Å². The summed E-state index contributed by atoms with van der Waals surface area (Å²) in [7, 11) is 0. The first-order valence-electron chi connectivity index (χ1n) is 5.78. The fourth-order valence-electron chi connectivity index (χ4n) is 1.70. The molecule has 0 saturated carbocycles. The average molecular weight is 260 g/mol. The molecule has 5 heteroatoms. The van der Waals surface area contributed by atoms with Crippen molar-refractivity contribution in [3.63, 3.8) is 0 Å². The van der Waals surface area contributed by atoms with Crippen LogP contribution in [0.2, 0.25) is 0 Å². The number of hydrogen-bond donors (Lipinski definition) is 2. The van der Waals surface area contributed by atoms with E-state index in [0.29, 0.717) is 0 Å². The maximum atomic E-state index is 13.0. The van der Waals surface area contributed by atoms with Gasteiger partial charge in [0.15, 0.2) is 0 Å². The van der Waals surface area contributed by atoms with E-state index in [-0.39, 0.29) is 12.2 Å². The molecule has 19 heavy (non-hydrogen) atoms. The number of amides is 1. The molecule has 2 aromatic rings. The molecule has 0 bridgehead atoms. The molecule has 98 valence electrons. The Morgan fingerprint density at radius 2 is 2.05 bits per heavy atom. The third-order valence-electron chi connectivity index (χ3n) is 2.66. The van der Waals surface area contributed by atoms with Crippen molar-refractivity contribution in [3.05, 3.63) is 65.7 Å². The fraction of sp³-hybridized carbons (Fsp3) is 0.143. The number of carbonyl (C=O) groups excluding carboxylic acids is 1. The lowest BCUT2D eigenvalue weighted by molar-refractivity contribution is 0.0915. The molecule has 0 spiro atoms. The molecule has 0 aliphatic carbocycles. The number of benzene rings is 1. The molecule has 2 N–H and O–H groups in total. The zero-order valence-electron chi connectivity index (χ0n) is 10.1. The van der Waals surface area contributed by atoms with E-state index in [0.717, 1.165) is 17.8 Å². The maximum Gasteiger partial charge on any atom is 0.253 e. The van der Waals surface area contributed by atoms with E-state index >= 15 is 0 Å². The van der Waals surface area contributed by atoms with Crippen LogP contribution in [-0.4, -0.2) is 22.6 Å².